The summed E-state index contributed by atoms with van der Waals surface area (Å²) in [6.07, 6.45) is 2.41. The number of alkyl halides is 3. The summed E-state index contributed by atoms with van der Waals surface area (Å²) in [7, 11) is -9.34. The van der Waals surface area contributed by atoms with Crippen molar-refractivity contribution in [1.29, 1.82) is 0 Å². The van der Waals surface area contributed by atoms with Crippen molar-refractivity contribution in [2.75, 3.05) is 102 Å². The Labute approximate surface area is 604 Å². The molecule has 0 radical (unpaired) electrons. The van der Waals surface area contributed by atoms with Crippen LogP contribution >= 0.6 is 34.7 Å². The Bertz CT molecular complexity index is 4100. The van der Waals surface area contributed by atoms with Gasteiger partial charge in [0.15, 0.2) is 0 Å². The van der Waals surface area contributed by atoms with Gasteiger partial charge in [-0.3, -0.25) is 24.1 Å². The Morgan fingerprint density at radius 3 is 2.18 bits per heavy atom. The molecular weight excluding hydrogens is 1400 g/mol. The first-order chi connectivity index (χ1) is 47.7. The van der Waals surface area contributed by atoms with Gasteiger partial charge in [0.1, 0.15) is 23.6 Å². The molecule has 2 saturated heterocycles. The van der Waals surface area contributed by atoms with Crippen molar-refractivity contribution in [2.45, 2.75) is 131 Å². The number of β-amino-alcohol motifs (C(OH)–C–C–N with tert-alkyl or cyclic N) is 1. The number of likely N-dealkylation sites (N-methyl/N-ethyl adjacent to an activating group) is 1. The van der Waals surface area contributed by atoms with Gasteiger partial charge in [0.25, 0.3) is 25.8 Å². The number of thioether (sulfide) groups is 1. The maximum Gasteiger partial charge on any atom is 0.501 e. The molecule has 5 unspecified atom stereocenters. The molecule has 3 heterocycles. The first-order valence-electron chi connectivity index (χ1n) is 33.7. The predicted molar refractivity (Wildman–Crippen MR) is 390 cm³/mol. The number of allylic oxidation sites excluding steroid dienone is 1. The summed E-state index contributed by atoms with van der Waals surface area (Å²) in [6.45, 7) is 18.1. The highest BCUT2D eigenvalue weighted by atomic mass is 35.5. The minimum Gasteiger partial charge on any atom is -0.391 e. The first kappa shape index (κ1) is 78.2. The van der Waals surface area contributed by atoms with E-state index in [-0.39, 0.29) is 55.9 Å². The van der Waals surface area contributed by atoms with E-state index in [1.54, 1.807) is 56.8 Å². The second kappa shape index (κ2) is 34.1. The Hall–Kier alpha value is -6.92. The third-order valence-corrected chi connectivity index (χ3v) is 23.7. The highest BCUT2D eigenvalue weighted by molar-refractivity contribution is 7.99. The van der Waals surface area contributed by atoms with E-state index in [0.29, 0.717) is 37.3 Å². The number of likely N-dealkylation sites (tertiary alicyclic amines) is 1. The van der Waals surface area contributed by atoms with Gasteiger partial charge in [0.05, 0.1) is 58.6 Å². The number of benzene rings is 5. The fourth-order valence-corrected chi connectivity index (χ4v) is 16.6. The van der Waals surface area contributed by atoms with Gasteiger partial charge >= 0.3 is 5.51 Å². The number of halogens is 4. The zero-order valence-electron chi connectivity index (χ0n) is 58.1. The number of amides is 4. The second-order valence-corrected chi connectivity index (χ2v) is 33.9. The lowest BCUT2D eigenvalue weighted by Crippen LogP contribution is -2.58. The number of anilines is 2. The molecule has 5 aromatic carbocycles. The highest BCUT2D eigenvalue weighted by Gasteiger charge is 2.49. The lowest BCUT2D eigenvalue weighted by molar-refractivity contribution is -0.144. The smallest absolute Gasteiger partial charge is 0.391 e. The van der Waals surface area contributed by atoms with E-state index >= 15 is 0 Å². The third-order valence-electron chi connectivity index (χ3n) is 18.4. The molecule has 1 aliphatic carbocycles. The Balaban J connectivity index is 0.748. The number of nitrogens with one attached hydrogen (secondary N) is 4. The molecule has 9 rings (SSSR count). The number of hydrogen-bond acceptors (Lipinski definition) is 18. The van der Waals surface area contributed by atoms with Gasteiger partial charge in [-0.15, -0.1) is 23.1 Å². The fraction of sp³-hybridized carbons (Fsp3) is 0.466. The fourth-order valence-electron chi connectivity index (χ4n) is 12.6. The minimum atomic E-state index is -6.18. The summed E-state index contributed by atoms with van der Waals surface area (Å²) in [5.41, 5.74) is 2.39. The molecule has 5 atom stereocenters. The third kappa shape index (κ3) is 21.1. The lowest BCUT2D eigenvalue weighted by atomic mass is 9.73. The molecule has 0 bridgehead atoms. The van der Waals surface area contributed by atoms with Crippen LogP contribution in [0.2, 0.25) is 5.02 Å². The van der Waals surface area contributed by atoms with Crippen LogP contribution in [0.5, 0.6) is 0 Å². The summed E-state index contributed by atoms with van der Waals surface area (Å²) >= 11 is 9.14. The van der Waals surface area contributed by atoms with Crippen molar-refractivity contribution in [1.82, 2.24) is 35.0 Å². The van der Waals surface area contributed by atoms with Gasteiger partial charge in [0.2, 0.25) is 17.7 Å². The normalized spacial score (nSPS) is 17.9. The Morgan fingerprint density at radius 2 is 1.52 bits per heavy atom. The van der Waals surface area contributed by atoms with Crippen molar-refractivity contribution in [3.05, 3.63) is 160 Å². The van der Waals surface area contributed by atoms with Crippen molar-refractivity contribution in [3.63, 3.8) is 0 Å². The van der Waals surface area contributed by atoms with Gasteiger partial charge in [-0.05, 0) is 153 Å². The number of ether oxygens (including phenoxy) is 2. The average molecular weight is 1490 g/mol. The number of aliphatic hydroxyl groups excluding tert-OH is 1. The lowest BCUT2D eigenvalue weighted by Gasteiger charge is -2.39. The molecule has 5 N–H and O–H groups in total. The van der Waals surface area contributed by atoms with Crippen LogP contribution in [0, 0.1) is 17.8 Å². The number of aliphatic hydroxyl groups is 1. The zero-order chi connectivity index (χ0) is 73.0. The van der Waals surface area contributed by atoms with E-state index in [1.807, 2.05) is 90.2 Å². The zero-order valence-corrected chi connectivity index (χ0v) is 62.2. The molecule has 20 nitrogen and oxygen atoms in total. The number of sulfone groups is 1. The van der Waals surface area contributed by atoms with Crippen LogP contribution in [-0.4, -0.2) is 187 Å². The van der Waals surface area contributed by atoms with E-state index in [1.165, 1.54) is 45.5 Å². The summed E-state index contributed by atoms with van der Waals surface area (Å²) < 4.78 is 111. The molecule has 2 aliphatic heterocycles. The number of piperazine rings is 1. The van der Waals surface area contributed by atoms with Gasteiger partial charge in [0, 0.05) is 85.2 Å². The number of carbonyl (C=O) groups is 4. The molecule has 546 valence electrons. The quantitative estimate of drug-likeness (QED) is 0.0208. The van der Waals surface area contributed by atoms with Gasteiger partial charge in [-0.25, -0.2) is 26.5 Å². The molecular formula is C73H91ClF3N9O11S4. The summed E-state index contributed by atoms with van der Waals surface area (Å²) in [4.78, 5) is 66.7. The summed E-state index contributed by atoms with van der Waals surface area (Å²) in [5, 5.41) is 20.2. The molecule has 2 fully saturated rings. The number of nitrogens with zero attached hydrogens (tertiary/aromatic N) is 5. The van der Waals surface area contributed by atoms with E-state index in [4.69, 9.17) is 21.1 Å². The Kier molecular flexibility index (Phi) is 26.4. The van der Waals surface area contributed by atoms with Gasteiger partial charge < -0.3 is 45.2 Å². The van der Waals surface area contributed by atoms with Crippen LogP contribution in [0.1, 0.15) is 107 Å². The van der Waals surface area contributed by atoms with Crippen LogP contribution in [-0.2, 0) is 43.7 Å². The Morgan fingerprint density at radius 1 is 0.851 bits per heavy atom. The van der Waals surface area contributed by atoms with Gasteiger partial charge in [-0.1, -0.05) is 106 Å². The standard InChI is InChI=1S/C73H91ClF3N9O11S4/c1-48(50-14-16-52(17-15-50)66-49(2)78-47-99-66)79-69(90)63-40-58(87)44-86(63)70(91)67(71(3,4)5)81-65(88)45-97-39-38-96-37-36-83(8)31-29-56(46-98-59-12-10-9-11-13-59)80-62-27-26-60(41-64(62)100(92,93)73(75,76)77)101(94,95)82-68(89)53-20-24-57(25-21-53)85-34-32-84(33-35-85)43-54-42-72(6,7)30-28-61(54)51-18-22-55(74)23-19-51/h9-27,41,47-48,56,58,63,67,80,87H,28-40,42-46H2,1-8H3,(H,79,90)(H,81,88)(H,82,89). The maximum absolute atomic E-state index is 14.5. The number of carbonyl (C=O) groups excluding carboxylic acids is 4. The monoisotopic (exact) mass is 1490 g/mol. The number of sulfonamides is 1. The maximum atomic E-state index is 14.5. The highest BCUT2D eigenvalue weighted by Crippen LogP contribution is 2.44. The predicted octanol–water partition coefficient (Wildman–Crippen LogP) is 11.3. The molecule has 0 spiro atoms. The topological polar surface area (TPSA) is 249 Å². The van der Waals surface area contributed by atoms with Crippen molar-refractivity contribution >= 4 is 95.1 Å². The molecule has 3 aliphatic rings. The number of hydrogen-bond donors (Lipinski definition) is 5. The molecule has 6 aromatic rings. The van der Waals surface area contributed by atoms with E-state index in [9.17, 15) is 54.3 Å². The van der Waals surface area contributed by atoms with Crippen LogP contribution in [0.25, 0.3) is 16.0 Å². The summed E-state index contributed by atoms with van der Waals surface area (Å²) in [5.74, 6) is -2.36. The van der Waals surface area contributed by atoms with E-state index in [2.05, 4.69) is 56.7 Å². The molecule has 1 aromatic heterocycles. The van der Waals surface area contributed by atoms with E-state index < -0.39 is 107 Å². The SMILES string of the molecule is Cc1ncsc1-c1ccc(C(C)NC(=O)C2CC(O)CN2C(=O)C(NC(=O)COCCOCCN(C)CCC(CSc2ccccc2)Nc2ccc(S(=O)(=O)NC(=O)c3ccc(N4CCN(CC5=C(c6ccc(Cl)cc6)CCC(C)(C)C5)CC4)cc3)cc2S(=O)(=O)C(F)(F)F)C(C)(C)C)cc1. The number of aromatic nitrogens is 1. The van der Waals surface area contributed by atoms with Crippen molar-refractivity contribution in [3.8, 4) is 10.4 Å². The second-order valence-electron chi connectivity index (χ2n) is 27.9. The number of thiazole rings is 1. The van der Waals surface area contributed by atoms with Crippen LogP contribution < -0.4 is 25.6 Å². The molecule has 28 heteroatoms. The first-order valence-corrected chi connectivity index (χ1v) is 38.9. The summed E-state index contributed by atoms with van der Waals surface area (Å²) in [6, 6.07) is 30.5. The number of aryl methyl sites for hydroxylation is 1. The largest absolute Gasteiger partial charge is 0.501 e. The average Bonchev–Trinajstić information content (AvgIpc) is 1.36. The minimum absolute atomic E-state index is 0.00960. The van der Waals surface area contributed by atoms with Crippen molar-refractivity contribution < 1.29 is 63.8 Å². The number of rotatable bonds is 30. The van der Waals surface area contributed by atoms with Crippen LogP contribution in [0.15, 0.2) is 147 Å². The molecule has 4 amide bonds. The van der Waals surface area contributed by atoms with Crippen LogP contribution in [0.3, 0.4) is 0 Å². The van der Waals surface area contributed by atoms with Crippen molar-refractivity contribution in [2.24, 2.45) is 10.8 Å². The molecule has 101 heavy (non-hydrogen) atoms. The van der Waals surface area contributed by atoms with E-state index in [0.717, 1.165) is 83.3 Å². The van der Waals surface area contributed by atoms with Crippen LogP contribution in [0.4, 0.5) is 24.5 Å². The molecule has 0 saturated carbocycles. The van der Waals surface area contributed by atoms with Gasteiger partial charge in [-0.2, -0.15) is 13.2 Å².